The molecule has 0 bridgehead atoms. The molecule has 0 nitrogen and oxygen atoms in total. The molecule has 0 N–H and O–H groups in total. The first-order valence-corrected chi connectivity index (χ1v) is 10.7. The first-order valence-electron chi connectivity index (χ1n) is 9.87. The van der Waals surface area contributed by atoms with Crippen LogP contribution in [0.5, 0.6) is 0 Å². The Hall–Kier alpha value is 0.350. The van der Waals surface area contributed by atoms with E-state index in [1.807, 2.05) is 0 Å². The molecule has 0 spiro atoms. The zero-order valence-electron chi connectivity index (χ0n) is 14.2. The largest absolute Gasteiger partial charge is 0.147 e. The van der Waals surface area contributed by atoms with Crippen LogP contribution in [-0.4, -0.2) is 9.49 Å². The normalized spacial score (nSPS) is 48.3. The van der Waals surface area contributed by atoms with E-state index in [1.54, 1.807) is 38.5 Å². The van der Waals surface area contributed by atoms with Crippen molar-refractivity contribution in [1.29, 1.82) is 0 Å². The minimum atomic E-state index is 0.687. The molecule has 4 fully saturated rings. The molecule has 0 saturated heterocycles. The summed E-state index contributed by atoms with van der Waals surface area (Å²) in [6.45, 7) is 5.22. The van der Waals surface area contributed by atoms with Crippen molar-refractivity contribution in [3.05, 3.63) is 0 Å². The fourth-order valence-corrected chi connectivity index (χ4v) is 8.51. The van der Waals surface area contributed by atoms with Crippen molar-refractivity contribution in [3.63, 3.8) is 0 Å². The second-order valence-corrected chi connectivity index (χ2v) is 10.6. The fourth-order valence-electron chi connectivity index (χ4n) is 5.87. The Morgan fingerprint density at radius 3 is 1.38 bits per heavy atom. The summed E-state index contributed by atoms with van der Waals surface area (Å²) in [4.78, 5) is 0. The molecule has 0 aliphatic heterocycles. The summed E-state index contributed by atoms with van der Waals surface area (Å²) in [6, 6.07) is 0. The van der Waals surface area contributed by atoms with Gasteiger partial charge in [-0.2, -0.15) is 0 Å². The van der Waals surface area contributed by atoms with Gasteiger partial charge in [0.15, 0.2) is 0 Å². The number of thioether (sulfide) groups is 1. The summed E-state index contributed by atoms with van der Waals surface area (Å²) >= 11 is 2.59. The van der Waals surface area contributed by atoms with Crippen molar-refractivity contribution >= 4 is 11.8 Å². The quantitative estimate of drug-likeness (QED) is 0.576. The van der Waals surface area contributed by atoms with E-state index in [0.717, 1.165) is 23.7 Å². The van der Waals surface area contributed by atoms with Crippen LogP contribution in [0.1, 0.15) is 90.9 Å². The van der Waals surface area contributed by atoms with Crippen LogP contribution in [0.2, 0.25) is 0 Å². The third kappa shape index (κ3) is 2.50. The Labute approximate surface area is 136 Å². The van der Waals surface area contributed by atoms with Crippen LogP contribution in [-0.2, 0) is 0 Å². The number of hydrogen-bond donors (Lipinski definition) is 0. The highest BCUT2D eigenvalue weighted by Gasteiger charge is 2.58. The van der Waals surface area contributed by atoms with Gasteiger partial charge in [0.05, 0.1) is 0 Å². The Bertz CT molecular complexity index is 347. The Morgan fingerprint density at radius 2 is 1.05 bits per heavy atom. The van der Waals surface area contributed by atoms with Crippen molar-refractivity contribution in [2.75, 3.05) is 0 Å². The Balaban J connectivity index is 1.63. The van der Waals surface area contributed by atoms with E-state index in [2.05, 4.69) is 25.6 Å². The molecule has 4 rings (SSSR count). The van der Waals surface area contributed by atoms with Crippen LogP contribution >= 0.6 is 11.8 Å². The number of rotatable bonds is 4. The summed E-state index contributed by atoms with van der Waals surface area (Å²) in [5.74, 6) is 4.13. The van der Waals surface area contributed by atoms with Gasteiger partial charge in [0.2, 0.25) is 0 Å². The minimum absolute atomic E-state index is 0.687. The molecule has 4 atom stereocenters. The molecule has 4 saturated carbocycles. The molecule has 4 unspecified atom stereocenters. The van der Waals surface area contributed by atoms with Gasteiger partial charge in [0.25, 0.3) is 0 Å². The first-order chi connectivity index (χ1) is 10.2. The van der Waals surface area contributed by atoms with E-state index in [-0.39, 0.29) is 0 Å². The summed E-state index contributed by atoms with van der Waals surface area (Å²) < 4.78 is 1.37. The molecule has 0 radical (unpaired) electrons. The molecule has 120 valence electrons. The summed E-state index contributed by atoms with van der Waals surface area (Å²) in [5, 5.41) is 0. The van der Waals surface area contributed by atoms with Crippen molar-refractivity contribution in [1.82, 2.24) is 0 Å². The van der Waals surface area contributed by atoms with Crippen LogP contribution < -0.4 is 0 Å². The summed E-state index contributed by atoms with van der Waals surface area (Å²) in [6.07, 6.45) is 18.3. The molecular weight excluding hydrogens is 272 g/mol. The monoisotopic (exact) mass is 306 g/mol. The summed E-state index contributed by atoms with van der Waals surface area (Å²) in [5.41, 5.74) is 0. The smallest absolute Gasteiger partial charge is 0.0219 e. The van der Waals surface area contributed by atoms with Gasteiger partial charge in [0, 0.05) is 9.49 Å². The third-order valence-corrected chi connectivity index (χ3v) is 10.1. The highest BCUT2D eigenvalue weighted by atomic mass is 32.2. The molecule has 4 aliphatic carbocycles. The lowest BCUT2D eigenvalue weighted by Crippen LogP contribution is -2.48. The SMILES string of the molecule is CC1CCCCC1(SC1(C2CC2)CCCCC1C)C1CC1. The van der Waals surface area contributed by atoms with Crippen molar-refractivity contribution in [2.24, 2.45) is 23.7 Å². The molecule has 21 heavy (non-hydrogen) atoms. The van der Waals surface area contributed by atoms with E-state index < -0.39 is 0 Å². The summed E-state index contributed by atoms with van der Waals surface area (Å²) in [7, 11) is 0. The van der Waals surface area contributed by atoms with Crippen LogP contribution in [0.3, 0.4) is 0 Å². The van der Waals surface area contributed by atoms with E-state index in [1.165, 1.54) is 38.5 Å². The van der Waals surface area contributed by atoms with Gasteiger partial charge in [-0.25, -0.2) is 0 Å². The average molecular weight is 307 g/mol. The van der Waals surface area contributed by atoms with Crippen LogP contribution in [0.15, 0.2) is 0 Å². The second-order valence-electron chi connectivity index (χ2n) is 8.85. The highest BCUT2D eigenvalue weighted by molar-refractivity contribution is 8.02. The standard InChI is InChI=1S/C20H34S/c1-15-7-3-5-13-19(15,17-9-10-17)21-20(18-11-12-18)14-6-4-8-16(20)2/h15-18H,3-14H2,1-2H3. The molecule has 0 aromatic carbocycles. The third-order valence-electron chi connectivity index (χ3n) is 7.49. The van der Waals surface area contributed by atoms with Crippen LogP contribution in [0.4, 0.5) is 0 Å². The maximum Gasteiger partial charge on any atom is 0.0219 e. The van der Waals surface area contributed by atoms with Crippen LogP contribution in [0, 0.1) is 23.7 Å². The lowest BCUT2D eigenvalue weighted by Gasteiger charge is -2.53. The lowest BCUT2D eigenvalue weighted by molar-refractivity contribution is 0.235. The molecule has 0 heterocycles. The molecule has 4 aliphatic rings. The van der Waals surface area contributed by atoms with Crippen molar-refractivity contribution in [3.8, 4) is 0 Å². The molecule has 0 amide bonds. The maximum atomic E-state index is 2.61. The predicted octanol–water partition coefficient (Wildman–Crippen LogP) is 6.44. The fraction of sp³-hybridized carbons (Fsp3) is 1.00. The minimum Gasteiger partial charge on any atom is -0.147 e. The van der Waals surface area contributed by atoms with Gasteiger partial charge in [-0.15, -0.1) is 11.8 Å². The molecule has 1 heteroatoms. The van der Waals surface area contributed by atoms with Crippen LogP contribution in [0.25, 0.3) is 0 Å². The van der Waals surface area contributed by atoms with Gasteiger partial charge in [-0.3, -0.25) is 0 Å². The van der Waals surface area contributed by atoms with Gasteiger partial charge >= 0.3 is 0 Å². The van der Waals surface area contributed by atoms with Gasteiger partial charge < -0.3 is 0 Å². The van der Waals surface area contributed by atoms with E-state index in [0.29, 0.717) is 9.49 Å². The number of hydrogen-bond acceptors (Lipinski definition) is 1. The van der Waals surface area contributed by atoms with Crippen molar-refractivity contribution in [2.45, 2.75) is 100 Å². The van der Waals surface area contributed by atoms with Gasteiger partial charge in [-0.05, 0) is 75.0 Å². The topological polar surface area (TPSA) is 0 Å². The zero-order valence-corrected chi connectivity index (χ0v) is 15.0. The van der Waals surface area contributed by atoms with E-state index in [9.17, 15) is 0 Å². The first kappa shape index (κ1) is 14.9. The average Bonchev–Trinajstić information content (AvgIpc) is 3.36. The maximum absolute atomic E-state index is 2.61. The Morgan fingerprint density at radius 1 is 0.619 bits per heavy atom. The van der Waals surface area contributed by atoms with Gasteiger partial charge in [0.1, 0.15) is 0 Å². The van der Waals surface area contributed by atoms with E-state index in [4.69, 9.17) is 0 Å². The molecular formula is C20H34S. The highest BCUT2D eigenvalue weighted by Crippen LogP contribution is 2.67. The zero-order chi connectivity index (χ0) is 14.5. The van der Waals surface area contributed by atoms with Crippen molar-refractivity contribution < 1.29 is 0 Å². The van der Waals surface area contributed by atoms with E-state index >= 15 is 0 Å². The second kappa shape index (κ2) is 5.46. The van der Waals surface area contributed by atoms with Gasteiger partial charge in [-0.1, -0.05) is 39.5 Å². The molecule has 0 aromatic heterocycles. The predicted molar refractivity (Wildman–Crippen MR) is 93.8 cm³/mol. The molecule has 0 aromatic rings. The lowest BCUT2D eigenvalue weighted by atomic mass is 9.75. The Kier molecular flexibility index (Phi) is 3.88.